The monoisotopic (exact) mass is 374 g/mol. The number of pyridine rings is 1. The standard InChI is InChI=1S/C18H22N4O3S/c1-13-11-14-3-2-4-15(16(14)20-12-13)26(24,25)22-9-7-21(8-10-22)17(23)18(19)5-6-18/h2-4,11-12H,5-10,19H2,1H3. The molecule has 1 aromatic carbocycles. The number of hydrogen-bond acceptors (Lipinski definition) is 5. The fraction of sp³-hybridized carbons (Fsp3) is 0.444. The molecule has 0 spiro atoms. The molecule has 26 heavy (non-hydrogen) atoms. The highest BCUT2D eigenvalue weighted by Crippen LogP contribution is 2.34. The van der Waals surface area contributed by atoms with Gasteiger partial charge in [0.25, 0.3) is 0 Å². The van der Waals surface area contributed by atoms with Gasteiger partial charge in [0.2, 0.25) is 15.9 Å². The molecule has 0 atom stereocenters. The highest BCUT2D eigenvalue weighted by molar-refractivity contribution is 7.89. The number of hydrogen-bond donors (Lipinski definition) is 1. The minimum atomic E-state index is -3.67. The second-order valence-corrected chi connectivity index (χ2v) is 9.10. The maximum atomic E-state index is 13.1. The van der Waals surface area contributed by atoms with Crippen LogP contribution in [0.2, 0.25) is 0 Å². The van der Waals surface area contributed by atoms with Crippen molar-refractivity contribution >= 4 is 26.8 Å². The van der Waals surface area contributed by atoms with Gasteiger partial charge in [-0.05, 0) is 37.5 Å². The van der Waals surface area contributed by atoms with Gasteiger partial charge in [-0.25, -0.2) is 8.42 Å². The minimum Gasteiger partial charge on any atom is -0.338 e. The van der Waals surface area contributed by atoms with Crippen molar-refractivity contribution < 1.29 is 13.2 Å². The first-order valence-electron chi connectivity index (χ1n) is 8.75. The predicted molar refractivity (Wildman–Crippen MR) is 98.0 cm³/mol. The van der Waals surface area contributed by atoms with Crippen LogP contribution in [0.1, 0.15) is 18.4 Å². The number of nitrogens with two attached hydrogens (primary N) is 1. The Labute approximate surface area is 152 Å². The average Bonchev–Trinajstić information content (AvgIpc) is 3.39. The Morgan fingerprint density at radius 3 is 2.54 bits per heavy atom. The molecule has 2 N–H and O–H groups in total. The number of nitrogens with zero attached hydrogens (tertiary/aromatic N) is 3. The van der Waals surface area contributed by atoms with Gasteiger partial charge < -0.3 is 10.6 Å². The molecular weight excluding hydrogens is 352 g/mol. The topological polar surface area (TPSA) is 96.6 Å². The molecule has 1 amide bonds. The first kappa shape index (κ1) is 17.4. The van der Waals surface area contributed by atoms with Gasteiger partial charge in [0, 0.05) is 37.8 Å². The lowest BCUT2D eigenvalue weighted by Gasteiger charge is -2.35. The van der Waals surface area contributed by atoms with Gasteiger partial charge in [-0.15, -0.1) is 0 Å². The zero-order valence-corrected chi connectivity index (χ0v) is 15.5. The van der Waals surface area contributed by atoms with Gasteiger partial charge >= 0.3 is 0 Å². The predicted octanol–water partition coefficient (Wildman–Crippen LogP) is 0.867. The molecule has 4 rings (SSSR count). The quantitative estimate of drug-likeness (QED) is 0.860. The molecular formula is C18H22N4O3S. The van der Waals surface area contributed by atoms with Gasteiger partial charge in [0.15, 0.2) is 0 Å². The lowest BCUT2D eigenvalue weighted by atomic mass is 10.2. The fourth-order valence-corrected chi connectivity index (χ4v) is 4.97. The third kappa shape index (κ3) is 2.87. The van der Waals surface area contributed by atoms with Crippen molar-refractivity contribution in [3.05, 3.63) is 36.0 Å². The summed E-state index contributed by atoms with van der Waals surface area (Å²) < 4.78 is 27.7. The summed E-state index contributed by atoms with van der Waals surface area (Å²) in [6.45, 7) is 3.20. The number of rotatable bonds is 3. The molecule has 138 valence electrons. The zero-order valence-electron chi connectivity index (χ0n) is 14.7. The number of carbonyl (C=O) groups excluding carboxylic acids is 1. The maximum Gasteiger partial charge on any atom is 0.245 e. The summed E-state index contributed by atoms with van der Waals surface area (Å²) in [5, 5.41) is 0.804. The van der Waals surface area contributed by atoms with Crippen molar-refractivity contribution in [3.63, 3.8) is 0 Å². The first-order chi connectivity index (χ1) is 12.3. The highest BCUT2D eigenvalue weighted by atomic mass is 32.2. The van der Waals surface area contributed by atoms with E-state index in [1.165, 1.54) is 4.31 Å². The summed E-state index contributed by atoms with van der Waals surface area (Å²) in [6, 6.07) is 7.12. The van der Waals surface area contributed by atoms with Crippen LogP contribution in [0.4, 0.5) is 0 Å². The van der Waals surface area contributed by atoms with Crippen LogP contribution >= 0.6 is 0 Å². The Morgan fingerprint density at radius 2 is 1.88 bits per heavy atom. The normalized spacial score (nSPS) is 20.3. The second-order valence-electron chi connectivity index (χ2n) is 7.19. The van der Waals surface area contributed by atoms with Crippen LogP contribution in [0.25, 0.3) is 10.9 Å². The second kappa shape index (κ2) is 6.00. The van der Waals surface area contributed by atoms with Crippen molar-refractivity contribution in [1.29, 1.82) is 0 Å². The molecule has 1 saturated carbocycles. The van der Waals surface area contributed by atoms with Crippen molar-refractivity contribution in [2.45, 2.75) is 30.2 Å². The number of amides is 1. The molecule has 8 heteroatoms. The number of sulfonamides is 1. The number of aryl methyl sites for hydroxylation is 1. The van der Waals surface area contributed by atoms with Crippen LogP contribution < -0.4 is 5.73 Å². The SMILES string of the molecule is Cc1cnc2c(S(=O)(=O)N3CCN(C(=O)C4(N)CC4)CC3)cccc2c1. The van der Waals surface area contributed by atoms with E-state index >= 15 is 0 Å². The van der Waals surface area contributed by atoms with E-state index in [0.29, 0.717) is 31.4 Å². The van der Waals surface area contributed by atoms with E-state index in [1.54, 1.807) is 23.2 Å². The molecule has 2 fully saturated rings. The van der Waals surface area contributed by atoms with Crippen molar-refractivity contribution in [1.82, 2.24) is 14.2 Å². The van der Waals surface area contributed by atoms with Crippen molar-refractivity contribution in [3.8, 4) is 0 Å². The molecule has 1 saturated heterocycles. The molecule has 2 heterocycles. The number of para-hydroxylation sites is 1. The number of benzene rings is 1. The van der Waals surface area contributed by atoms with Crippen molar-refractivity contribution in [2.75, 3.05) is 26.2 Å². The lowest BCUT2D eigenvalue weighted by Crippen LogP contribution is -2.55. The Bertz CT molecular complexity index is 977. The molecule has 0 unspecified atom stereocenters. The van der Waals surface area contributed by atoms with E-state index < -0.39 is 15.6 Å². The Morgan fingerprint density at radius 1 is 1.19 bits per heavy atom. The Kier molecular flexibility index (Phi) is 4.02. The summed E-state index contributed by atoms with van der Waals surface area (Å²) in [6.07, 6.45) is 3.10. The fourth-order valence-electron chi connectivity index (χ4n) is 3.39. The maximum absolute atomic E-state index is 13.1. The van der Waals surface area contributed by atoms with E-state index in [1.807, 2.05) is 19.1 Å². The summed E-state index contributed by atoms with van der Waals surface area (Å²) in [5.41, 5.74) is 6.73. The smallest absolute Gasteiger partial charge is 0.245 e. The van der Waals surface area contributed by atoms with Crippen molar-refractivity contribution in [2.24, 2.45) is 5.73 Å². The summed E-state index contributed by atoms with van der Waals surface area (Å²) in [7, 11) is -3.67. The molecule has 7 nitrogen and oxygen atoms in total. The van der Waals surface area contributed by atoms with Gasteiger partial charge in [-0.3, -0.25) is 9.78 Å². The van der Waals surface area contributed by atoms with Crippen LogP contribution in [0.15, 0.2) is 35.4 Å². The van der Waals surface area contributed by atoms with Crippen LogP contribution in [0.3, 0.4) is 0 Å². The molecule has 2 aliphatic rings. The van der Waals surface area contributed by atoms with Gasteiger partial charge in [0.1, 0.15) is 4.90 Å². The largest absolute Gasteiger partial charge is 0.338 e. The van der Waals surface area contributed by atoms with Crippen LogP contribution in [0.5, 0.6) is 0 Å². The van der Waals surface area contributed by atoms with E-state index in [4.69, 9.17) is 5.73 Å². The zero-order chi connectivity index (χ0) is 18.5. The number of piperazine rings is 1. The Balaban J connectivity index is 1.58. The molecule has 2 aromatic rings. The molecule has 0 bridgehead atoms. The van der Waals surface area contributed by atoms with Gasteiger partial charge in [0.05, 0.1) is 11.1 Å². The molecule has 1 aliphatic carbocycles. The van der Waals surface area contributed by atoms with E-state index in [9.17, 15) is 13.2 Å². The molecule has 1 aromatic heterocycles. The van der Waals surface area contributed by atoms with Crippen LogP contribution in [-0.2, 0) is 14.8 Å². The molecule has 0 radical (unpaired) electrons. The van der Waals surface area contributed by atoms with Gasteiger partial charge in [-0.2, -0.15) is 4.31 Å². The Hall–Kier alpha value is -2.03. The highest BCUT2D eigenvalue weighted by Gasteiger charge is 2.48. The number of carbonyl (C=O) groups is 1. The van der Waals surface area contributed by atoms with Gasteiger partial charge in [-0.1, -0.05) is 12.1 Å². The van der Waals surface area contributed by atoms with E-state index in [-0.39, 0.29) is 23.9 Å². The van der Waals surface area contributed by atoms with Crippen LogP contribution in [-0.4, -0.2) is 60.2 Å². The summed E-state index contributed by atoms with van der Waals surface area (Å²) in [4.78, 5) is 18.6. The number of fused-ring (bicyclic) bond motifs is 1. The molecule has 1 aliphatic heterocycles. The summed E-state index contributed by atoms with van der Waals surface area (Å²) in [5.74, 6) is -0.0585. The van der Waals surface area contributed by atoms with E-state index in [2.05, 4.69) is 4.98 Å². The lowest BCUT2D eigenvalue weighted by molar-refractivity contribution is -0.134. The number of aromatic nitrogens is 1. The summed E-state index contributed by atoms with van der Waals surface area (Å²) >= 11 is 0. The van der Waals surface area contributed by atoms with Crippen LogP contribution in [0, 0.1) is 6.92 Å². The third-order valence-electron chi connectivity index (χ3n) is 5.17. The van der Waals surface area contributed by atoms with E-state index in [0.717, 1.165) is 10.9 Å². The third-order valence-corrected chi connectivity index (χ3v) is 7.10. The minimum absolute atomic E-state index is 0.0585. The average molecular weight is 374 g/mol. The first-order valence-corrected chi connectivity index (χ1v) is 10.2.